The predicted molar refractivity (Wildman–Crippen MR) is 108 cm³/mol. The van der Waals surface area contributed by atoms with Gasteiger partial charge in [0.1, 0.15) is 6.04 Å². The van der Waals surface area contributed by atoms with E-state index in [9.17, 15) is 19.5 Å². The number of hydrogen-bond acceptors (Lipinski definition) is 4. The molecule has 0 spiro atoms. The second kappa shape index (κ2) is 9.41. The first-order valence-electron chi connectivity index (χ1n) is 9.04. The van der Waals surface area contributed by atoms with E-state index in [1.165, 1.54) is 11.8 Å². The third kappa shape index (κ3) is 4.92. The monoisotopic (exact) mass is 398 g/mol. The number of carboxylic acids is 1. The van der Waals surface area contributed by atoms with Crippen molar-refractivity contribution in [2.75, 3.05) is 18.2 Å². The van der Waals surface area contributed by atoms with E-state index in [2.05, 4.69) is 5.32 Å². The minimum Gasteiger partial charge on any atom is -0.481 e. The molecule has 2 atom stereocenters. The number of rotatable bonds is 7. The van der Waals surface area contributed by atoms with E-state index >= 15 is 0 Å². The molecule has 0 aromatic heterocycles. The number of carboxylic acid groups (broad SMARTS) is 1. The fourth-order valence-electron chi connectivity index (χ4n) is 3.09. The Bertz CT molecular complexity index is 829. The Morgan fingerprint density at radius 3 is 2.36 bits per heavy atom. The maximum Gasteiger partial charge on any atom is 0.308 e. The molecule has 2 N–H and O–H groups in total. The minimum atomic E-state index is -0.956. The maximum absolute atomic E-state index is 12.7. The van der Waals surface area contributed by atoms with E-state index in [0.717, 1.165) is 5.56 Å². The fourth-order valence-corrected chi connectivity index (χ4v) is 4.25. The molecule has 1 heterocycles. The molecule has 2 amide bonds. The molecule has 0 radical (unpaired) electrons. The summed E-state index contributed by atoms with van der Waals surface area (Å²) < 4.78 is 0. The number of nitrogens with zero attached hydrogens (tertiary/aromatic N) is 1. The molecular formula is C21H22N2O4S. The molecular weight excluding hydrogens is 376 g/mol. The van der Waals surface area contributed by atoms with E-state index < -0.39 is 17.9 Å². The molecule has 7 heteroatoms. The normalized spacial score (nSPS) is 17.1. The molecule has 0 saturated carbocycles. The first-order valence-corrected chi connectivity index (χ1v) is 10.2. The van der Waals surface area contributed by atoms with Gasteiger partial charge in [-0.25, -0.2) is 0 Å². The van der Waals surface area contributed by atoms with Gasteiger partial charge in [0.25, 0.3) is 5.91 Å². The molecule has 146 valence electrons. The van der Waals surface area contributed by atoms with Gasteiger partial charge in [0.15, 0.2) is 0 Å². The van der Waals surface area contributed by atoms with Gasteiger partial charge < -0.3 is 15.3 Å². The van der Waals surface area contributed by atoms with Gasteiger partial charge in [-0.2, -0.15) is 0 Å². The number of thioether (sulfide) groups is 1. The number of carbonyl (C=O) groups is 3. The topological polar surface area (TPSA) is 86.7 Å². The lowest BCUT2D eigenvalue weighted by Gasteiger charge is -2.24. The summed E-state index contributed by atoms with van der Waals surface area (Å²) in [6, 6.07) is 17.6. The Hall–Kier alpha value is -2.80. The highest BCUT2D eigenvalue weighted by atomic mass is 32.2. The van der Waals surface area contributed by atoms with Crippen molar-refractivity contribution in [2.24, 2.45) is 5.92 Å². The van der Waals surface area contributed by atoms with Crippen LogP contribution in [-0.2, 0) is 16.0 Å². The molecule has 1 aliphatic heterocycles. The molecule has 0 aliphatic carbocycles. The molecule has 3 rings (SSSR count). The number of hydrogen-bond donors (Lipinski definition) is 2. The second-order valence-corrected chi connectivity index (χ2v) is 7.63. The van der Waals surface area contributed by atoms with Crippen LogP contribution in [0, 0.1) is 5.92 Å². The molecule has 1 fully saturated rings. The highest BCUT2D eigenvalue weighted by Gasteiger charge is 2.35. The summed E-state index contributed by atoms with van der Waals surface area (Å²) in [6.45, 7) is 0.0254. The van der Waals surface area contributed by atoms with Crippen LogP contribution < -0.4 is 5.32 Å². The van der Waals surface area contributed by atoms with E-state index in [0.29, 0.717) is 23.6 Å². The number of benzene rings is 2. The largest absolute Gasteiger partial charge is 0.481 e. The second-order valence-electron chi connectivity index (χ2n) is 6.63. The van der Waals surface area contributed by atoms with Crippen molar-refractivity contribution in [1.82, 2.24) is 10.2 Å². The van der Waals surface area contributed by atoms with Crippen LogP contribution in [0.2, 0.25) is 0 Å². The van der Waals surface area contributed by atoms with Gasteiger partial charge >= 0.3 is 5.97 Å². The van der Waals surface area contributed by atoms with Crippen LogP contribution in [-0.4, -0.2) is 52.0 Å². The lowest BCUT2D eigenvalue weighted by Crippen LogP contribution is -2.48. The SMILES string of the molecule is O=C(O)C(CNC(=O)C1CSCN1C(=O)c1ccccc1)Cc1ccccc1. The van der Waals surface area contributed by atoms with Crippen LogP contribution in [0.15, 0.2) is 60.7 Å². The smallest absolute Gasteiger partial charge is 0.308 e. The highest BCUT2D eigenvalue weighted by molar-refractivity contribution is 7.99. The first-order chi connectivity index (χ1) is 13.6. The Morgan fingerprint density at radius 2 is 1.71 bits per heavy atom. The van der Waals surface area contributed by atoms with Crippen molar-refractivity contribution in [2.45, 2.75) is 12.5 Å². The molecule has 28 heavy (non-hydrogen) atoms. The average molecular weight is 398 g/mol. The summed E-state index contributed by atoms with van der Waals surface area (Å²) in [5.74, 6) is -1.24. The van der Waals surface area contributed by atoms with Crippen molar-refractivity contribution in [1.29, 1.82) is 0 Å². The molecule has 0 bridgehead atoms. The summed E-state index contributed by atoms with van der Waals surface area (Å²) in [6.07, 6.45) is 0.336. The molecule has 1 saturated heterocycles. The fraction of sp³-hybridized carbons (Fsp3) is 0.286. The summed E-state index contributed by atoms with van der Waals surface area (Å²) in [5, 5.41) is 12.2. The zero-order valence-corrected chi connectivity index (χ0v) is 16.1. The van der Waals surface area contributed by atoms with Gasteiger partial charge in [-0.3, -0.25) is 14.4 Å². The van der Waals surface area contributed by atoms with Crippen LogP contribution in [0.3, 0.4) is 0 Å². The van der Waals surface area contributed by atoms with Crippen molar-refractivity contribution in [3.63, 3.8) is 0 Å². The van der Waals surface area contributed by atoms with Crippen molar-refractivity contribution >= 4 is 29.5 Å². The number of aliphatic carboxylic acids is 1. The number of nitrogens with one attached hydrogen (secondary N) is 1. The van der Waals surface area contributed by atoms with Gasteiger partial charge in [0.05, 0.1) is 11.8 Å². The van der Waals surface area contributed by atoms with Crippen LogP contribution in [0.5, 0.6) is 0 Å². The van der Waals surface area contributed by atoms with E-state index in [4.69, 9.17) is 0 Å². The van der Waals surface area contributed by atoms with Crippen LogP contribution in [0.25, 0.3) is 0 Å². The quantitative estimate of drug-likeness (QED) is 0.747. The van der Waals surface area contributed by atoms with Crippen molar-refractivity contribution < 1.29 is 19.5 Å². The van der Waals surface area contributed by atoms with Gasteiger partial charge in [0, 0.05) is 17.9 Å². The maximum atomic E-state index is 12.7. The van der Waals surface area contributed by atoms with Gasteiger partial charge in [0.2, 0.25) is 5.91 Å². The van der Waals surface area contributed by atoms with Crippen LogP contribution in [0.4, 0.5) is 0 Å². The summed E-state index contributed by atoms with van der Waals surface area (Å²) in [4.78, 5) is 38.5. The lowest BCUT2D eigenvalue weighted by atomic mass is 9.99. The predicted octanol–water partition coefficient (Wildman–Crippen LogP) is 2.26. The van der Waals surface area contributed by atoms with E-state index in [-0.39, 0.29) is 18.4 Å². The lowest BCUT2D eigenvalue weighted by molar-refractivity contribution is -0.141. The zero-order chi connectivity index (χ0) is 19.9. The van der Waals surface area contributed by atoms with Crippen LogP contribution in [0.1, 0.15) is 15.9 Å². The first kappa shape index (κ1) is 19.9. The highest BCUT2D eigenvalue weighted by Crippen LogP contribution is 2.23. The van der Waals surface area contributed by atoms with Crippen molar-refractivity contribution in [3.05, 3.63) is 71.8 Å². The van der Waals surface area contributed by atoms with Gasteiger partial charge in [-0.1, -0.05) is 48.5 Å². The van der Waals surface area contributed by atoms with E-state index in [1.54, 1.807) is 29.2 Å². The number of carbonyl (C=O) groups excluding carboxylic acids is 2. The summed E-state index contributed by atoms with van der Waals surface area (Å²) in [5.41, 5.74) is 1.44. The molecule has 1 aliphatic rings. The molecule has 2 unspecified atom stereocenters. The third-order valence-electron chi connectivity index (χ3n) is 4.66. The molecule has 2 aromatic rings. The minimum absolute atomic E-state index is 0.0254. The van der Waals surface area contributed by atoms with Gasteiger partial charge in [-0.15, -0.1) is 11.8 Å². The molecule has 2 aromatic carbocycles. The Balaban J connectivity index is 1.61. The van der Waals surface area contributed by atoms with Crippen LogP contribution >= 0.6 is 11.8 Å². The van der Waals surface area contributed by atoms with Gasteiger partial charge in [-0.05, 0) is 24.1 Å². The van der Waals surface area contributed by atoms with Crippen molar-refractivity contribution in [3.8, 4) is 0 Å². The Morgan fingerprint density at radius 1 is 1.07 bits per heavy atom. The average Bonchev–Trinajstić information content (AvgIpc) is 3.21. The Kier molecular flexibility index (Phi) is 6.71. The molecule has 6 nitrogen and oxygen atoms in total. The number of amides is 2. The zero-order valence-electron chi connectivity index (χ0n) is 15.3. The standard InChI is InChI=1S/C21H22N2O4S/c24-19(22-12-17(21(26)27)11-15-7-3-1-4-8-15)18-13-28-14-23(18)20(25)16-9-5-2-6-10-16/h1-10,17-18H,11-14H2,(H,22,24)(H,26,27). The third-order valence-corrected chi connectivity index (χ3v) is 5.68. The van der Waals surface area contributed by atoms with E-state index in [1.807, 2.05) is 36.4 Å². The Labute approximate surface area is 167 Å². The summed E-state index contributed by atoms with van der Waals surface area (Å²) in [7, 11) is 0. The summed E-state index contributed by atoms with van der Waals surface area (Å²) >= 11 is 1.51.